The van der Waals surface area contributed by atoms with Crippen LogP contribution in [0.25, 0.3) is 0 Å². The van der Waals surface area contributed by atoms with Crippen LogP contribution in [0.4, 0.5) is 0 Å². The van der Waals surface area contributed by atoms with Gasteiger partial charge in [0.1, 0.15) is 0 Å². The van der Waals surface area contributed by atoms with Crippen LogP contribution in [0, 0.1) is 0 Å². The lowest BCUT2D eigenvalue weighted by atomic mass is 10.2. The van der Waals surface area contributed by atoms with Crippen molar-refractivity contribution in [1.82, 2.24) is 0 Å². The second-order valence-corrected chi connectivity index (χ2v) is 8.32. The summed E-state index contributed by atoms with van der Waals surface area (Å²) in [6.45, 7) is 13.4. The smallest absolute Gasteiger partial charge is 0.0666 e. The van der Waals surface area contributed by atoms with Gasteiger partial charge in [-0.25, -0.2) is 8.57 Å². The molecular weight excluding hydrogens is 182 g/mol. The van der Waals surface area contributed by atoms with E-state index in [1.54, 1.807) is 13.1 Å². The Bertz CT molecular complexity index is 301. The van der Waals surface area contributed by atoms with E-state index in [1.165, 1.54) is 0 Å². The van der Waals surface area contributed by atoms with Crippen LogP contribution in [-0.2, 0) is 9.73 Å². The van der Waals surface area contributed by atoms with E-state index < -0.39 is 14.5 Å². The lowest BCUT2D eigenvalue weighted by Crippen LogP contribution is -2.42. The largest absolute Gasteiger partial charge is 0.248 e. The van der Waals surface area contributed by atoms with Crippen LogP contribution in [0.15, 0.2) is 17.0 Å². The molecule has 0 aliphatic heterocycles. The van der Waals surface area contributed by atoms with Gasteiger partial charge in [0.05, 0.1) is 14.5 Å². The van der Waals surface area contributed by atoms with Gasteiger partial charge >= 0.3 is 0 Å². The molecule has 0 rings (SSSR count). The molecule has 0 radical (unpaired) electrons. The molecule has 1 atom stereocenters. The first-order valence-corrected chi connectivity index (χ1v) is 5.92. The average molecular weight is 203 g/mol. The SMILES string of the molecule is C=CC(C)(C)S(=O)(=NC)C(C)(C)C. The van der Waals surface area contributed by atoms with Crippen LogP contribution in [-0.4, -0.2) is 20.8 Å². The van der Waals surface area contributed by atoms with Gasteiger partial charge in [0, 0.05) is 11.8 Å². The second-order valence-electron chi connectivity index (χ2n) is 4.63. The van der Waals surface area contributed by atoms with Gasteiger partial charge in [-0.3, -0.25) is 0 Å². The topological polar surface area (TPSA) is 29.4 Å². The van der Waals surface area contributed by atoms with Gasteiger partial charge in [0.25, 0.3) is 0 Å². The number of hydrogen-bond donors (Lipinski definition) is 0. The van der Waals surface area contributed by atoms with Crippen molar-refractivity contribution in [3.63, 3.8) is 0 Å². The number of rotatable bonds is 2. The molecule has 0 spiro atoms. The minimum absolute atomic E-state index is 0.320. The number of nitrogens with zero attached hydrogens (tertiary/aromatic N) is 1. The molecule has 3 heteroatoms. The quantitative estimate of drug-likeness (QED) is 0.635. The van der Waals surface area contributed by atoms with Gasteiger partial charge in [-0.15, -0.1) is 6.58 Å². The number of hydrogen-bond acceptors (Lipinski definition) is 2. The van der Waals surface area contributed by atoms with Crippen molar-refractivity contribution in [1.29, 1.82) is 0 Å². The van der Waals surface area contributed by atoms with Crippen molar-refractivity contribution in [3.05, 3.63) is 12.7 Å². The van der Waals surface area contributed by atoms with E-state index in [0.29, 0.717) is 0 Å². The molecule has 0 aromatic rings. The molecule has 0 fully saturated rings. The Kier molecular flexibility index (Phi) is 3.36. The van der Waals surface area contributed by atoms with Crippen molar-refractivity contribution in [2.75, 3.05) is 7.05 Å². The van der Waals surface area contributed by atoms with E-state index in [9.17, 15) is 4.21 Å². The van der Waals surface area contributed by atoms with Crippen molar-refractivity contribution in [3.8, 4) is 0 Å². The Balaban J connectivity index is 5.64. The highest BCUT2D eigenvalue weighted by Gasteiger charge is 2.38. The lowest BCUT2D eigenvalue weighted by molar-refractivity contribution is 0.614. The van der Waals surface area contributed by atoms with Gasteiger partial charge in [-0.05, 0) is 34.6 Å². The molecule has 0 N–H and O–H groups in total. The van der Waals surface area contributed by atoms with Crippen molar-refractivity contribution in [2.24, 2.45) is 4.36 Å². The molecule has 78 valence electrons. The van der Waals surface area contributed by atoms with Crippen LogP contribution < -0.4 is 0 Å². The first-order chi connectivity index (χ1) is 5.62. The molecule has 0 aromatic carbocycles. The fourth-order valence-corrected chi connectivity index (χ4v) is 4.23. The van der Waals surface area contributed by atoms with E-state index in [4.69, 9.17) is 0 Å². The Morgan fingerprint density at radius 3 is 1.69 bits per heavy atom. The third-order valence-corrected chi connectivity index (χ3v) is 6.06. The third-order valence-electron chi connectivity index (χ3n) is 2.29. The van der Waals surface area contributed by atoms with E-state index in [-0.39, 0.29) is 4.75 Å². The minimum atomic E-state index is -2.26. The molecule has 0 heterocycles. The molecule has 0 bridgehead atoms. The summed E-state index contributed by atoms with van der Waals surface area (Å²) in [6, 6.07) is 0. The fourth-order valence-electron chi connectivity index (χ4n) is 1.41. The summed E-state index contributed by atoms with van der Waals surface area (Å²) in [5, 5.41) is 0. The van der Waals surface area contributed by atoms with Crippen molar-refractivity contribution < 1.29 is 4.21 Å². The minimum Gasteiger partial charge on any atom is -0.248 e. The van der Waals surface area contributed by atoms with Crippen LogP contribution in [0.5, 0.6) is 0 Å². The normalized spacial score (nSPS) is 17.7. The Labute approximate surface area is 82.6 Å². The molecule has 0 saturated carbocycles. The summed E-state index contributed by atoms with van der Waals surface area (Å²) in [6.07, 6.45) is 1.73. The highest BCUT2D eigenvalue weighted by atomic mass is 32.2. The van der Waals surface area contributed by atoms with E-state index in [2.05, 4.69) is 10.9 Å². The highest BCUT2D eigenvalue weighted by Crippen LogP contribution is 2.31. The third kappa shape index (κ3) is 1.96. The fraction of sp³-hybridized carbons (Fsp3) is 0.800. The predicted octanol–water partition coefficient (Wildman–Crippen LogP) is 2.85. The summed E-state index contributed by atoms with van der Waals surface area (Å²) in [5.41, 5.74) is 0. The predicted molar refractivity (Wildman–Crippen MR) is 60.5 cm³/mol. The summed E-state index contributed by atoms with van der Waals surface area (Å²) < 4.78 is 15.9. The van der Waals surface area contributed by atoms with Gasteiger partial charge in [-0.2, -0.15) is 0 Å². The molecule has 0 aliphatic carbocycles. The van der Waals surface area contributed by atoms with Gasteiger partial charge in [0.15, 0.2) is 0 Å². The molecular formula is C10H21NOS. The molecule has 0 amide bonds. The van der Waals surface area contributed by atoms with Crippen molar-refractivity contribution in [2.45, 2.75) is 44.1 Å². The van der Waals surface area contributed by atoms with Crippen LogP contribution in [0.3, 0.4) is 0 Å². The summed E-state index contributed by atoms with van der Waals surface area (Å²) in [4.78, 5) is 0. The zero-order valence-electron chi connectivity index (χ0n) is 9.55. The molecule has 0 aliphatic rings. The molecule has 13 heavy (non-hydrogen) atoms. The molecule has 0 saturated heterocycles. The maximum Gasteiger partial charge on any atom is 0.0666 e. The highest BCUT2D eigenvalue weighted by molar-refractivity contribution is 7.96. The first-order valence-electron chi connectivity index (χ1n) is 4.40. The summed E-state index contributed by atoms with van der Waals surface area (Å²) in [5.74, 6) is 0. The van der Waals surface area contributed by atoms with E-state index >= 15 is 0 Å². The van der Waals surface area contributed by atoms with Crippen molar-refractivity contribution >= 4 is 9.73 Å². The molecule has 1 unspecified atom stereocenters. The standard InChI is InChI=1S/C10H21NOS/c1-8-10(5,6)13(12,11-7)9(2,3)4/h8H,1H2,2-7H3. The van der Waals surface area contributed by atoms with Crippen LogP contribution >= 0.6 is 0 Å². The van der Waals surface area contributed by atoms with Crippen LogP contribution in [0.1, 0.15) is 34.6 Å². The maximum absolute atomic E-state index is 12.6. The first kappa shape index (κ1) is 12.7. The zero-order valence-corrected chi connectivity index (χ0v) is 10.4. The zero-order chi connectivity index (χ0) is 10.9. The van der Waals surface area contributed by atoms with Gasteiger partial charge in [0.2, 0.25) is 0 Å². The van der Waals surface area contributed by atoms with Gasteiger partial charge in [-0.1, -0.05) is 6.08 Å². The second kappa shape index (κ2) is 3.45. The van der Waals surface area contributed by atoms with Gasteiger partial charge < -0.3 is 0 Å². The molecule has 0 aromatic heterocycles. The van der Waals surface area contributed by atoms with E-state index in [0.717, 1.165) is 0 Å². The average Bonchev–Trinajstić information content (AvgIpc) is 2.00. The Morgan fingerprint density at radius 1 is 1.23 bits per heavy atom. The molecule has 2 nitrogen and oxygen atoms in total. The summed E-state index contributed by atoms with van der Waals surface area (Å²) >= 11 is 0. The Hall–Kier alpha value is -0.310. The maximum atomic E-state index is 12.6. The van der Waals surface area contributed by atoms with Crippen LogP contribution in [0.2, 0.25) is 0 Å². The lowest BCUT2D eigenvalue weighted by Gasteiger charge is -2.34. The van der Waals surface area contributed by atoms with E-state index in [1.807, 2.05) is 34.6 Å². The Morgan fingerprint density at radius 2 is 1.62 bits per heavy atom. The summed E-state index contributed by atoms with van der Waals surface area (Å²) in [7, 11) is -0.641. The monoisotopic (exact) mass is 203 g/mol.